The van der Waals surface area contributed by atoms with E-state index in [0.717, 1.165) is 49.9 Å². The summed E-state index contributed by atoms with van der Waals surface area (Å²) in [5, 5.41) is 11.7. The molecule has 0 fully saturated rings. The predicted octanol–water partition coefficient (Wildman–Crippen LogP) is 5.92. The van der Waals surface area contributed by atoms with Crippen molar-refractivity contribution in [3.05, 3.63) is 90.1 Å². The van der Waals surface area contributed by atoms with Crippen LogP contribution in [0.15, 0.2) is 83.4 Å². The van der Waals surface area contributed by atoms with Gasteiger partial charge in [0.1, 0.15) is 12.6 Å². The monoisotopic (exact) mass is 375 g/mol. The van der Waals surface area contributed by atoms with E-state index in [-0.39, 0.29) is 0 Å². The predicted molar refractivity (Wildman–Crippen MR) is 115 cm³/mol. The van der Waals surface area contributed by atoms with Crippen LogP contribution in [0, 0.1) is 18.3 Å². The molecular formula is C26H19N2O+. The molecule has 0 amide bonds. The van der Waals surface area contributed by atoms with Crippen LogP contribution < -0.4 is 4.57 Å². The largest absolute Gasteiger partial charge is 0.455 e. The summed E-state index contributed by atoms with van der Waals surface area (Å²) >= 11 is 0. The van der Waals surface area contributed by atoms with Gasteiger partial charge in [-0.3, -0.25) is 0 Å². The SMILES string of the molecule is Cc1cc(C#N)c2c(oc3ccc(-c4ccccc4)cc32)c1-c1cccc[n+]1C. The van der Waals surface area contributed by atoms with Gasteiger partial charge in [0, 0.05) is 22.9 Å². The lowest BCUT2D eigenvalue weighted by Gasteiger charge is -2.06. The summed E-state index contributed by atoms with van der Waals surface area (Å²) in [4.78, 5) is 0. The third-order valence-electron chi connectivity index (χ3n) is 5.48. The average Bonchev–Trinajstić information content (AvgIpc) is 3.13. The lowest BCUT2D eigenvalue weighted by atomic mass is 9.95. The molecule has 5 aromatic rings. The quantitative estimate of drug-likeness (QED) is 0.359. The van der Waals surface area contributed by atoms with E-state index in [2.05, 4.69) is 41.0 Å². The summed E-state index contributed by atoms with van der Waals surface area (Å²) in [6, 6.07) is 26.9. The van der Waals surface area contributed by atoms with Crippen LogP contribution >= 0.6 is 0 Å². The lowest BCUT2D eigenvalue weighted by Crippen LogP contribution is -2.30. The number of nitrogens with zero attached hydrogens (tertiary/aromatic N) is 2. The zero-order valence-corrected chi connectivity index (χ0v) is 16.3. The molecule has 0 spiro atoms. The van der Waals surface area contributed by atoms with Gasteiger partial charge >= 0.3 is 0 Å². The van der Waals surface area contributed by atoms with Crippen LogP contribution in [-0.4, -0.2) is 0 Å². The Morgan fingerprint density at radius 1 is 0.897 bits per heavy atom. The Hall–Kier alpha value is -3.90. The molecular weight excluding hydrogens is 356 g/mol. The summed E-state index contributed by atoms with van der Waals surface area (Å²) in [5.74, 6) is 0. The maximum Gasteiger partial charge on any atom is 0.216 e. The van der Waals surface area contributed by atoms with Gasteiger partial charge in [-0.1, -0.05) is 36.4 Å². The van der Waals surface area contributed by atoms with Crippen molar-refractivity contribution in [1.82, 2.24) is 0 Å². The van der Waals surface area contributed by atoms with Gasteiger partial charge in [-0.15, -0.1) is 0 Å². The fourth-order valence-corrected chi connectivity index (χ4v) is 4.08. The molecule has 5 rings (SSSR count). The molecule has 2 aromatic heterocycles. The fraction of sp³-hybridized carbons (Fsp3) is 0.0769. The molecule has 3 nitrogen and oxygen atoms in total. The number of hydrogen-bond donors (Lipinski definition) is 0. The molecule has 3 aromatic carbocycles. The van der Waals surface area contributed by atoms with Crippen LogP contribution in [0.3, 0.4) is 0 Å². The maximum absolute atomic E-state index is 9.84. The zero-order valence-electron chi connectivity index (χ0n) is 16.3. The summed E-state index contributed by atoms with van der Waals surface area (Å²) in [6.45, 7) is 2.03. The van der Waals surface area contributed by atoms with Gasteiger partial charge in [0.05, 0.1) is 17.2 Å². The number of aryl methyl sites for hydroxylation is 2. The van der Waals surface area contributed by atoms with Gasteiger partial charge in [0.25, 0.3) is 0 Å². The fourth-order valence-electron chi connectivity index (χ4n) is 4.08. The van der Waals surface area contributed by atoms with Crippen molar-refractivity contribution in [2.24, 2.45) is 7.05 Å². The van der Waals surface area contributed by atoms with E-state index in [1.165, 1.54) is 0 Å². The first-order valence-corrected chi connectivity index (χ1v) is 9.58. The van der Waals surface area contributed by atoms with E-state index in [4.69, 9.17) is 4.42 Å². The number of hydrogen-bond acceptors (Lipinski definition) is 2. The van der Waals surface area contributed by atoms with Crippen LogP contribution in [0.4, 0.5) is 0 Å². The molecule has 0 aliphatic rings. The van der Waals surface area contributed by atoms with Crippen molar-refractivity contribution in [3.8, 4) is 28.5 Å². The van der Waals surface area contributed by atoms with E-state index in [1.54, 1.807) is 0 Å². The molecule has 29 heavy (non-hydrogen) atoms. The molecule has 0 saturated heterocycles. The van der Waals surface area contributed by atoms with Crippen molar-refractivity contribution in [1.29, 1.82) is 5.26 Å². The van der Waals surface area contributed by atoms with Crippen LogP contribution in [0.5, 0.6) is 0 Å². The molecule has 0 atom stereocenters. The number of furan rings is 1. The standard InChI is InChI=1S/C26H19N2O/c1-17-14-20(16-27)25-21-15-19(18-8-4-3-5-9-18)11-12-23(21)29-26(25)24(17)22-10-6-7-13-28(22)2/h3-15H,1-2H3/q+1. The Morgan fingerprint density at radius 2 is 1.69 bits per heavy atom. The summed E-state index contributed by atoms with van der Waals surface area (Å²) < 4.78 is 8.42. The first kappa shape index (κ1) is 17.2. The van der Waals surface area contributed by atoms with Crippen molar-refractivity contribution in [3.63, 3.8) is 0 Å². The summed E-state index contributed by atoms with van der Waals surface area (Å²) in [7, 11) is 2.02. The number of nitriles is 1. The average molecular weight is 375 g/mol. The van der Waals surface area contributed by atoms with Crippen LogP contribution in [0.1, 0.15) is 11.1 Å². The first-order valence-electron chi connectivity index (χ1n) is 9.58. The Balaban J connectivity index is 1.89. The van der Waals surface area contributed by atoms with Gasteiger partial charge < -0.3 is 4.42 Å². The van der Waals surface area contributed by atoms with E-state index < -0.39 is 0 Å². The molecule has 0 N–H and O–H groups in total. The normalized spacial score (nSPS) is 11.1. The Bertz CT molecular complexity index is 1420. The van der Waals surface area contributed by atoms with Crippen molar-refractivity contribution in [2.45, 2.75) is 6.92 Å². The minimum Gasteiger partial charge on any atom is -0.455 e. The Labute approximate surface area is 169 Å². The van der Waals surface area contributed by atoms with Crippen LogP contribution in [-0.2, 0) is 7.05 Å². The van der Waals surface area contributed by atoms with Gasteiger partial charge in [0.2, 0.25) is 5.69 Å². The molecule has 0 unspecified atom stereocenters. The topological polar surface area (TPSA) is 40.8 Å². The summed E-state index contributed by atoms with van der Waals surface area (Å²) in [6.07, 6.45) is 2.02. The van der Waals surface area contributed by atoms with E-state index in [0.29, 0.717) is 5.56 Å². The van der Waals surface area contributed by atoms with Crippen LogP contribution in [0.2, 0.25) is 0 Å². The highest BCUT2D eigenvalue weighted by Gasteiger charge is 2.23. The highest BCUT2D eigenvalue weighted by atomic mass is 16.3. The second kappa shape index (κ2) is 6.61. The number of benzene rings is 3. The molecule has 0 aliphatic heterocycles. The molecule has 0 saturated carbocycles. The van der Waals surface area contributed by atoms with Gasteiger partial charge in [-0.25, -0.2) is 4.57 Å². The molecule has 3 heteroatoms. The molecule has 0 aliphatic carbocycles. The minimum atomic E-state index is 0.642. The summed E-state index contributed by atoms with van der Waals surface area (Å²) in [5.41, 5.74) is 7.56. The second-order valence-electron chi connectivity index (χ2n) is 7.31. The minimum absolute atomic E-state index is 0.642. The highest BCUT2D eigenvalue weighted by molar-refractivity contribution is 6.13. The maximum atomic E-state index is 9.84. The Morgan fingerprint density at radius 3 is 2.45 bits per heavy atom. The highest BCUT2D eigenvalue weighted by Crippen LogP contribution is 2.40. The van der Waals surface area contributed by atoms with Crippen molar-refractivity contribution < 1.29 is 8.98 Å². The smallest absolute Gasteiger partial charge is 0.216 e. The van der Waals surface area contributed by atoms with Gasteiger partial charge in [-0.05, 0) is 47.9 Å². The molecule has 0 radical (unpaired) electrons. The number of fused-ring (bicyclic) bond motifs is 3. The lowest BCUT2D eigenvalue weighted by molar-refractivity contribution is -0.660. The molecule has 2 heterocycles. The molecule has 0 bridgehead atoms. The van der Waals surface area contributed by atoms with Crippen molar-refractivity contribution >= 4 is 21.9 Å². The number of aromatic nitrogens is 1. The Kier molecular flexibility index (Phi) is 3.93. The third kappa shape index (κ3) is 2.69. The third-order valence-corrected chi connectivity index (χ3v) is 5.48. The van der Waals surface area contributed by atoms with E-state index >= 15 is 0 Å². The van der Waals surface area contributed by atoms with Crippen LogP contribution in [0.25, 0.3) is 44.3 Å². The van der Waals surface area contributed by atoms with E-state index in [1.807, 2.05) is 62.6 Å². The van der Waals surface area contributed by atoms with Gasteiger partial charge in [0.15, 0.2) is 11.8 Å². The molecule has 138 valence electrons. The van der Waals surface area contributed by atoms with Gasteiger partial charge in [-0.2, -0.15) is 5.26 Å². The number of pyridine rings is 1. The first-order chi connectivity index (χ1) is 14.2. The van der Waals surface area contributed by atoms with Crippen molar-refractivity contribution in [2.75, 3.05) is 0 Å². The second-order valence-corrected chi connectivity index (χ2v) is 7.31. The zero-order chi connectivity index (χ0) is 20.0. The van der Waals surface area contributed by atoms with E-state index in [9.17, 15) is 5.26 Å². The number of rotatable bonds is 2.